The molecule has 0 saturated heterocycles. The van der Waals surface area contributed by atoms with E-state index in [1.807, 2.05) is 0 Å². The molecule has 2 nitrogen and oxygen atoms in total. The third kappa shape index (κ3) is 8.88. The molecule has 0 aliphatic heterocycles. The number of aliphatic hydroxyl groups excluding tert-OH is 1. The van der Waals surface area contributed by atoms with Crippen molar-refractivity contribution in [3.8, 4) is 0 Å². The fraction of sp³-hybridized carbons (Fsp3) is 1.00. The lowest BCUT2D eigenvalue weighted by Gasteiger charge is -2.17. The molecule has 0 amide bonds. The normalized spacial score (nSPS) is 13.4. The fourth-order valence-electron chi connectivity index (χ4n) is 1.89. The highest BCUT2D eigenvalue weighted by molar-refractivity contribution is 4.65. The number of hydrogen-bond donors (Lipinski definition) is 2. The molecule has 0 heterocycles. The van der Waals surface area contributed by atoms with E-state index in [0.717, 1.165) is 13.0 Å². The number of hydrogen-bond acceptors (Lipinski definition) is 2. The molecule has 0 saturated carbocycles. The zero-order valence-corrected chi connectivity index (χ0v) is 10.8. The maximum atomic E-state index is 8.89. The highest BCUT2D eigenvalue weighted by Crippen LogP contribution is 2.06. The lowest BCUT2D eigenvalue weighted by Crippen LogP contribution is -2.29. The molecule has 0 fully saturated rings. The second-order valence-corrected chi connectivity index (χ2v) is 4.66. The molecule has 0 bridgehead atoms. The largest absolute Gasteiger partial charge is 0.396 e. The summed E-state index contributed by atoms with van der Waals surface area (Å²) < 4.78 is 0. The monoisotopic (exact) mass is 215 g/mol. The van der Waals surface area contributed by atoms with E-state index >= 15 is 0 Å². The van der Waals surface area contributed by atoms with E-state index in [9.17, 15) is 0 Å². The second kappa shape index (κ2) is 10.4. The van der Waals surface area contributed by atoms with Crippen LogP contribution in [0.2, 0.25) is 0 Å². The second-order valence-electron chi connectivity index (χ2n) is 4.66. The van der Waals surface area contributed by atoms with Gasteiger partial charge in [0, 0.05) is 12.6 Å². The van der Waals surface area contributed by atoms with Crippen molar-refractivity contribution < 1.29 is 5.11 Å². The van der Waals surface area contributed by atoms with E-state index in [0.29, 0.717) is 18.6 Å². The predicted molar refractivity (Wildman–Crippen MR) is 67.1 cm³/mol. The van der Waals surface area contributed by atoms with Crippen LogP contribution >= 0.6 is 0 Å². The lowest BCUT2D eigenvalue weighted by atomic mass is 10.0. The van der Waals surface area contributed by atoms with E-state index in [2.05, 4.69) is 26.1 Å². The van der Waals surface area contributed by atoms with Gasteiger partial charge in [0.1, 0.15) is 0 Å². The number of rotatable bonds is 10. The molecule has 2 heteroatoms. The summed E-state index contributed by atoms with van der Waals surface area (Å²) in [6.45, 7) is 8.04. The quantitative estimate of drug-likeness (QED) is 0.549. The van der Waals surface area contributed by atoms with Gasteiger partial charge in [-0.2, -0.15) is 0 Å². The van der Waals surface area contributed by atoms with E-state index < -0.39 is 0 Å². The van der Waals surface area contributed by atoms with Crippen LogP contribution in [0.4, 0.5) is 0 Å². The van der Waals surface area contributed by atoms with Crippen LogP contribution in [0.1, 0.15) is 59.3 Å². The standard InChI is InChI=1S/C13H29NO/c1-4-7-13(8-5-2)14-10-6-9-12(3)11-15/h12-15H,4-11H2,1-3H3. The summed E-state index contributed by atoms with van der Waals surface area (Å²) in [5.41, 5.74) is 0. The van der Waals surface area contributed by atoms with Gasteiger partial charge in [-0.1, -0.05) is 33.6 Å². The Morgan fingerprint density at radius 3 is 2.13 bits per heavy atom. The molecule has 0 aromatic heterocycles. The number of nitrogens with one attached hydrogen (secondary N) is 1. The third-order valence-corrected chi connectivity index (χ3v) is 2.89. The Labute approximate surface area is 95.5 Å². The number of aliphatic hydroxyl groups is 1. The highest BCUT2D eigenvalue weighted by Gasteiger charge is 2.05. The first-order valence-electron chi connectivity index (χ1n) is 6.58. The molecule has 0 spiro atoms. The molecule has 2 N–H and O–H groups in total. The SMILES string of the molecule is CCCC(CCC)NCCCC(C)CO. The minimum absolute atomic E-state index is 0.327. The van der Waals surface area contributed by atoms with Gasteiger partial charge in [0.2, 0.25) is 0 Å². The van der Waals surface area contributed by atoms with Crippen LogP contribution < -0.4 is 5.32 Å². The minimum Gasteiger partial charge on any atom is -0.396 e. The Morgan fingerprint density at radius 1 is 1.07 bits per heavy atom. The molecule has 0 aliphatic rings. The molecule has 0 aromatic carbocycles. The van der Waals surface area contributed by atoms with Gasteiger partial charge in [-0.05, 0) is 38.1 Å². The topological polar surface area (TPSA) is 32.3 Å². The zero-order chi connectivity index (χ0) is 11.5. The lowest BCUT2D eigenvalue weighted by molar-refractivity contribution is 0.227. The van der Waals surface area contributed by atoms with Crippen molar-refractivity contribution in [3.05, 3.63) is 0 Å². The zero-order valence-electron chi connectivity index (χ0n) is 10.8. The van der Waals surface area contributed by atoms with E-state index in [4.69, 9.17) is 5.11 Å². The summed E-state index contributed by atoms with van der Waals surface area (Å²) in [5, 5.41) is 12.5. The van der Waals surface area contributed by atoms with Crippen LogP contribution in [0, 0.1) is 5.92 Å². The van der Waals surface area contributed by atoms with Gasteiger partial charge in [-0.25, -0.2) is 0 Å². The predicted octanol–water partition coefficient (Wildman–Crippen LogP) is 2.95. The van der Waals surface area contributed by atoms with Crippen LogP contribution in [0.25, 0.3) is 0 Å². The van der Waals surface area contributed by atoms with Crippen molar-refractivity contribution >= 4 is 0 Å². The first-order valence-corrected chi connectivity index (χ1v) is 6.58. The maximum Gasteiger partial charge on any atom is 0.0456 e. The Kier molecular flexibility index (Phi) is 10.4. The summed E-state index contributed by atoms with van der Waals surface area (Å²) in [6, 6.07) is 0.712. The Hall–Kier alpha value is -0.0800. The molecule has 0 aromatic rings. The molecule has 15 heavy (non-hydrogen) atoms. The van der Waals surface area contributed by atoms with E-state index in [-0.39, 0.29) is 0 Å². The Balaban J connectivity index is 3.43. The summed E-state index contributed by atoms with van der Waals surface area (Å²) in [4.78, 5) is 0. The minimum atomic E-state index is 0.327. The smallest absolute Gasteiger partial charge is 0.0456 e. The molecule has 0 rings (SSSR count). The van der Waals surface area contributed by atoms with Crippen LogP contribution in [0.15, 0.2) is 0 Å². The van der Waals surface area contributed by atoms with Gasteiger partial charge < -0.3 is 10.4 Å². The maximum absolute atomic E-state index is 8.89. The first kappa shape index (κ1) is 14.9. The Bertz CT molecular complexity index is 122. The van der Waals surface area contributed by atoms with Gasteiger partial charge in [-0.3, -0.25) is 0 Å². The average Bonchev–Trinajstić information content (AvgIpc) is 2.24. The first-order chi connectivity index (χ1) is 7.24. The van der Waals surface area contributed by atoms with Crippen LogP contribution in [-0.2, 0) is 0 Å². The van der Waals surface area contributed by atoms with Gasteiger partial charge in [0.05, 0.1) is 0 Å². The van der Waals surface area contributed by atoms with Crippen molar-refractivity contribution in [3.63, 3.8) is 0 Å². The third-order valence-electron chi connectivity index (χ3n) is 2.89. The Morgan fingerprint density at radius 2 is 1.67 bits per heavy atom. The summed E-state index contributed by atoms with van der Waals surface area (Å²) in [6.07, 6.45) is 7.45. The molecule has 1 unspecified atom stereocenters. The molecule has 92 valence electrons. The van der Waals surface area contributed by atoms with Crippen LogP contribution in [0.5, 0.6) is 0 Å². The van der Waals surface area contributed by atoms with Gasteiger partial charge in [0.25, 0.3) is 0 Å². The molecular formula is C13H29NO. The summed E-state index contributed by atoms with van der Waals surface area (Å²) in [5.74, 6) is 0.461. The van der Waals surface area contributed by atoms with E-state index in [1.54, 1.807) is 0 Å². The summed E-state index contributed by atoms with van der Waals surface area (Å²) in [7, 11) is 0. The molecule has 1 atom stereocenters. The van der Waals surface area contributed by atoms with E-state index in [1.165, 1.54) is 32.1 Å². The van der Waals surface area contributed by atoms with Crippen molar-refractivity contribution in [2.45, 2.75) is 65.3 Å². The molecule has 0 radical (unpaired) electrons. The van der Waals surface area contributed by atoms with Gasteiger partial charge >= 0.3 is 0 Å². The van der Waals surface area contributed by atoms with Crippen molar-refractivity contribution in [1.29, 1.82) is 0 Å². The average molecular weight is 215 g/mol. The highest BCUT2D eigenvalue weighted by atomic mass is 16.3. The van der Waals surface area contributed by atoms with Crippen LogP contribution in [0.3, 0.4) is 0 Å². The van der Waals surface area contributed by atoms with Crippen molar-refractivity contribution in [2.75, 3.05) is 13.2 Å². The fourth-order valence-corrected chi connectivity index (χ4v) is 1.89. The van der Waals surface area contributed by atoms with Gasteiger partial charge in [-0.15, -0.1) is 0 Å². The van der Waals surface area contributed by atoms with Crippen molar-refractivity contribution in [1.82, 2.24) is 5.32 Å². The van der Waals surface area contributed by atoms with Gasteiger partial charge in [0.15, 0.2) is 0 Å². The molecular weight excluding hydrogens is 186 g/mol. The van der Waals surface area contributed by atoms with Crippen molar-refractivity contribution in [2.24, 2.45) is 5.92 Å². The molecule has 0 aliphatic carbocycles. The van der Waals surface area contributed by atoms with Crippen LogP contribution in [-0.4, -0.2) is 24.3 Å². The summed E-state index contributed by atoms with van der Waals surface area (Å²) >= 11 is 0.